The number of aromatic nitrogens is 2. The van der Waals surface area contributed by atoms with Crippen LogP contribution in [0.2, 0.25) is 0 Å². The van der Waals surface area contributed by atoms with Crippen LogP contribution >= 0.6 is 0 Å². The first-order valence-electron chi connectivity index (χ1n) is 11.2. The van der Waals surface area contributed by atoms with Crippen LogP contribution in [0.1, 0.15) is 30.4 Å². The van der Waals surface area contributed by atoms with Crippen LogP contribution in [-0.2, 0) is 28.0 Å². The number of likely N-dealkylation sites (tertiary alicyclic amines) is 1. The fourth-order valence-corrected chi connectivity index (χ4v) is 4.15. The maximum atomic E-state index is 12.5. The molecule has 1 amide bonds. The van der Waals surface area contributed by atoms with Gasteiger partial charge in [-0.15, -0.1) is 0 Å². The molecule has 4 rings (SSSR count). The largest absolute Gasteiger partial charge is 0.490 e. The molecule has 38 heavy (non-hydrogen) atoms. The minimum atomic E-state index is -5.08. The van der Waals surface area contributed by atoms with Crippen LogP contribution in [0.5, 0.6) is 0 Å². The predicted octanol–water partition coefficient (Wildman–Crippen LogP) is 3.77. The number of carbonyl (C=O) groups is 3. The fraction of sp³-hybridized carbons (Fsp3) is 0.478. The highest BCUT2D eigenvalue weighted by Gasteiger charge is 2.44. The summed E-state index contributed by atoms with van der Waals surface area (Å²) >= 11 is 0. The summed E-state index contributed by atoms with van der Waals surface area (Å²) in [5.41, 5.74) is 3.59. The lowest BCUT2D eigenvalue weighted by Gasteiger charge is -2.39. The van der Waals surface area contributed by atoms with E-state index in [-0.39, 0.29) is 11.9 Å². The van der Waals surface area contributed by atoms with Crippen LogP contribution in [0.15, 0.2) is 36.7 Å². The number of fused-ring (bicyclic) bond motifs is 1. The summed E-state index contributed by atoms with van der Waals surface area (Å²) in [6.45, 7) is 4.14. The highest BCUT2D eigenvalue weighted by atomic mass is 19.4. The van der Waals surface area contributed by atoms with E-state index in [1.165, 1.54) is 11.1 Å². The van der Waals surface area contributed by atoms with Crippen molar-refractivity contribution in [3.05, 3.63) is 47.8 Å². The van der Waals surface area contributed by atoms with Crippen molar-refractivity contribution in [1.29, 1.82) is 0 Å². The van der Waals surface area contributed by atoms with Crippen LogP contribution in [0.3, 0.4) is 0 Å². The molecule has 2 fully saturated rings. The van der Waals surface area contributed by atoms with E-state index in [1.54, 1.807) is 4.68 Å². The second-order valence-corrected chi connectivity index (χ2v) is 8.66. The Morgan fingerprint density at radius 3 is 1.95 bits per heavy atom. The summed E-state index contributed by atoms with van der Waals surface area (Å²) in [7, 11) is 1.90. The van der Waals surface area contributed by atoms with Gasteiger partial charge in [0.1, 0.15) is 0 Å². The molecule has 2 aromatic rings. The summed E-state index contributed by atoms with van der Waals surface area (Å²) in [6, 6.07) is 9.51. The third-order valence-corrected chi connectivity index (χ3v) is 5.84. The van der Waals surface area contributed by atoms with Crippen molar-refractivity contribution < 1.29 is 50.9 Å². The molecule has 0 aliphatic carbocycles. The van der Waals surface area contributed by atoms with Gasteiger partial charge in [0.25, 0.3) is 0 Å². The number of carboxylic acid groups (broad SMARTS) is 2. The number of aliphatic carboxylic acids is 2. The first-order valence-corrected chi connectivity index (χ1v) is 11.2. The van der Waals surface area contributed by atoms with E-state index in [4.69, 9.17) is 19.8 Å². The van der Waals surface area contributed by atoms with Crippen molar-refractivity contribution in [3.63, 3.8) is 0 Å². The lowest BCUT2D eigenvalue weighted by atomic mass is 9.95. The molecule has 2 atom stereocenters. The standard InChI is InChI=1S/C19H24N4O.2C2HF3O2/c1-14-3-5-15(6-4-14)12-22-10-9-18-17(22)7-8-19(24)23(18)16-11-20-21(2)13-16;2*3-2(4,5)1(6)7/h3-6,11,13,17-18H,7-10,12H2,1-2H3;2*(H,6,7)/t17-,18-;;/m0../s1. The van der Waals surface area contributed by atoms with Gasteiger partial charge in [-0.05, 0) is 25.3 Å². The Hall–Kier alpha value is -3.62. The van der Waals surface area contributed by atoms with E-state index in [9.17, 15) is 31.1 Å². The number of nitrogens with zero attached hydrogens (tertiary/aromatic N) is 4. The topological polar surface area (TPSA) is 116 Å². The maximum Gasteiger partial charge on any atom is 0.490 e. The van der Waals surface area contributed by atoms with Gasteiger partial charge in [-0.1, -0.05) is 29.8 Å². The Morgan fingerprint density at radius 1 is 0.974 bits per heavy atom. The average molecular weight is 552 g/mol. The lowest BCUT2D eigenvalue weighted by Crippen LogP contribution is -2.52. The van der Waals surface area contributed by atoms with Crippen molar-refractivity contribution in [3.8, 4) is 0 Å². The Labute approximate surface area is 213 Å². The number of alkyl halides is 6. The monoisotopic (exact) mass is 552 g/mol. The molecule has 2 aliphatic heterocycles. The SMILES string of the molecule is Cc1ccc(CN2CC[C@H]3[C@@H]2CCC(=O)N3c2cnn(C)c2)cc1.O=C(O)C(F)(F)F.O=C(O)C(F)(F)F. The second-order valence-electron chi connectivity index (χ2n) is 8.66. The minimum Gasteiger partial charge on any atom is -0.475 e. The molecule has 0 unspecified atom stereocenters. The first-order chi connectivity index (χ1) is 17.5. The fourth-order valence-electron chi connectivity index (χ4n) is 4.15. The van der Waals surface area contributed by atoms with E-state index < -0.39 is 24.3 Å². The number of halogens is 6. The zero-order chi connectivity index (χ0) is 28.8. The van der Waals surface area contributed by atoms with Gasteiger partial charge in [0.2, 0.25) is 5.91 Å². The van der Waals surface area contributed by atoms with Crippen LogP contribution in [0, 0.1) is 6.92 Å². The van der Waals surface area contributed by atoms with Gasteiger partial charge in [-0.3, -0.25) is 14.4 Å². The molecule has 15 heteroatoms. The zero-order valence-electron chi connectivity index (χ0n) is 20.3. The molecule has 0 radical (unpaired) electrons. The van der Waals surface area contributed by atoms with Crippen LogP contribution in [0.4, 0.5) is 32.0 Å². The molecule has 2 saturated heterocycles. The number of benzene rings is 1. The number of anilines is 1. The molecule has 0 saturated carbocycles. The third-order valence-electron chi connectivity index (χ3n) is 5.84. The molecule has 210 valence electrons. The summed E-state index contributed by atoms with van der Waals surface area (Å²) in [4.78, 5) is 34.9. The molecular weight excluding hydrogens is 526 g/mol. The number of rotatable bonds is 3. The number of piperidine rings is 1. The van der Waals surface area contributed by atoms with E-state index in [0.29, 0.717) is 12.5 Å². The molecular formula is C23H26F6N4O5. The van der Waals surface area contributed by atoms with Gasteiger partial charge in [0.15, 0.2) is 0 Å². The average Bonchev–Trinajstić information content (AvgIpc) is 3.41. The number of hydrogen-bond donors (Lipinski definition) is 2. The normalized spacial score (nSPS) is 19.6. The quantitative estimate of drug-likeness (QED) is 0.557. The number of carbonyl (C=O) groups excluding carboxylic acids is 1. The maximum absolute atomic E-state index is 12.5. The summed E-state index contributed by atoms with van der Waals surface area (Å²) in [5.74, 6) is -5.28. The number of hydrogen-bond acceptors (Lipinski definition) is 5. The summed E-state index contributed by atoms with van der Waals surface area (Å²) in [6.07, 6.45) is -3.78. The molecule has 9 nitrogen and oxygen atoms in total. The molecule has 2 aliphatic rings. The Bertz CT molecular complexity index is 1090. The van der Waals surface area contributed by atoms with Gasteiger partial charge in [0.05, 0.1) is 17.9 Å². The molecule has 1 aromatic carbocycles. The molecule has 2 N–H and O–H groups in total. The van der Waals surface area contributed by atoms with E-state index >= 15 is 0 Å². The van der Waals surface area contributed by atoms with Crippen LogP contribution in [-0.4, -0.2) is 73.7 Å². The van der Waals surface area contributed by atoms with E-state index in [0.717, 1.165) is 31.6 Å². The second kappa shape index (κ2) is 12.3. The Kier molecular flexibility index (Phi) is 9.89. The third kappa shape index (κ3) is 8.46. The Balaban J connectivity index is 0.000000301. The van der Waals surface area contributed by atoms with E-state index in [1.807, 2.05) is 24.3 Å². The summed E-state index contributed by atoms with van der Waals surface area (Å²) < 4.78 is 65.2. The minimum absolute atomic E-state index is 0.237. The highest BCUT2D eigenvalue weighted by molar-refractivity contribution is 5.94. The molecule has 3 heterocycles. The number of amides is 1. The molecule has 0 spiro atoms. The van der Waals surface area contributed by atoms with Gasteiger partial charge in [0, 0.05) is 38.8 Å². The van der Waals surface area contributed by atoms with Crippen molar-refractivity contribution in [2.24, 2.45) is 7.05 Å². The van der Waals surface area contributed by atoms with Crippen molar-refractivity contribution in [1.82, 2.24) is 14.7 Å². The van der Waals surface area contributed by atoms with Crippen LogP contribution < -0.4 is 4.90 Å². The van der Waals surface area contributed by atoms with Gasteiger partial charge in [-0.2, -0.15) is 31.4 Å². The predicted molar refractivity (Wildman–Crippen MR) is 121 cm³/mol. The lowest BCUT2D eigenvalue weighted by molar-refractivity contribution is -0.193. The molecule has 1 aromatic heterocycles. The van der Waals surface area contributed by atoms with Crippen LogP contribution in [0.25, 0.3) is 0 Å². The molecule has 0 bridgehead atoms. The van der Waals surface area contributed by atoms with Crippen molar-refractivity contribution in [2.45, 2.75) is 57.2 Å². The van der Waals surface area contributed by atoms with Gasteiger partial charge >= 0.3 is 24.3 Å². The number of carboxylic acids is 2. The Morgan fingerprint density at radius 2 is 1.50 bits per heavy atom. The number of aryl methyl sites for hydroxylation is 2. The van der Waals surface area contributed by atoms with E-state index in [2.05, 4.69) is 41.2 Å². The highest BCUT2D eigenvalue weighted by Crippen LogP contribution is 2.35. The van der Waals surface area contributed by atoms with Gasteiger partial charge < -0.3 is 15.1 Å². The van der Waals surface area contributed by atoms with Crippen molar-refractivity contribution >= 4 is 23.5 Å². The van der Waals surface area contributed by atoms with Gasteiger partial charge in [-0.25, -0.2) is 9.59 Å². The van der Waals surface area contributed by atoms with Crippen molar-refractivity contribution in [2.75, 3.05) is 11.4 Å². The summed E-state index contributed by atoms with van der Waals surface area (Å²) in [5, 5.41) is 18.5. The first kappa shape index (κ1) is 30.6. The zero-order valence-corrected chi connectivity index (χ0v) is 20.3. The smallest absolute Gasteiger partial charge is 0.475 e.